The van der Waals surface area contributed by atoms with Crippen LogP contribution in [0.4, 0.5) is 0 Å². The number of rotatable bonds is 4. The maximum atomic E-state index is 12.2. The summed E-state index contributed by atoms with van der Waals surface area (Å²) >= 11 is 5.85. The molecule has 3 rings (SSSR count). The fourth-order valence-corrected chi connectivity index (χ4v) is 3.59. The smallest absolute Gasteiger partial charge is 0.251 e. The van der Waals surface area contributed by atoms with E-state index in [1.165, 1.54) is 18.4 Å². The molecule has 126 valence electrons. The van der Waals surface area contributed by atoms with Gasteiger partial charge in [0.25, 0.3) is 5.91 Å². The summed E-state index contributed by atoms with van der Waals surface area (Å²) in [6, 6.07) is 11.4. The summed E-state index contributed by atoms with van der Waals surface area (Å²) in [5, 5.41) is 3.71. The van der Waals surface area contributed by atoms with Crippen LogP contribution in [0.1, 0.15) is 53.2 Å². The number of hydrogen-bond donors (Lipinski definition) is 1. The second-order valence-corrected chi connectivity index (χ2v) is 7.10. The van der Waals surface area contributed by atoms with E-state index in [1.54, 1.807) is 24.3 Å². The van der Waals surface area contributed by atoms with Crippen molar-refractivity contribution in [3.05, 3.63) is 64.4 Å². The van der Waals surface area contributed by atoms with Crippen molar-refractivity contribution in [2.24, 2.45) is 5.92 Å². The Labute approximate surface area is 148 Å². The number of amides is 1. The first-order valence-corrected chi connectivity index (χ1v) is 8.96. The molecule has 1 heterocycles. The predicted molar refractivity (Wildman–Crippen MR) is 97.5 cm³/mol. The van der Waals surface area contributed by atoms with Crippen LogP contribution in [-0.4, -0.2) is 17.4 Å². The first kappa shape index (κ1) is 17.0. The van der Waals surface area contributed by atoms with Gasteiger partial charge in [0.2, 0.25) is 0 Å². The lowest BCUT2D eigenvalue weighted by Crippen LogP contribution is -2.31. The summed E-state index contributed by atoms with van der Waals surface area (Å²) in [4.78, 5) is 16.4. The maximum absolute atomic E-state index is 12.2. The number of halogens is 1. The van der Waals surface area contributed by atoms with Crippen LogP contribution >= 0.6 is 11.6 Å². The van der Waals surface area contributed by atoms with E-state index in [-0.39, 0.29) is 5.91 Å². The summed E-state index contributed by atoms with van der Waals surface area (Å²) in [6.07, 6.45) is 6.60. The molecule has 1 aromatic carbocycles. The van der Waals surface area contributed by atoms with E-state index in [4.69, 9.17) is 11.6 Å². The maximum Gasteiger partial charge on any atom is 0.251 e. The molecule has 4 heteroatoms. The van der Waals surface area contributed by atoms with Crippen LogP contribution < -0.4 is 5.32 Å². The highest BCUT2D eigenvalue weighted by molar-refractivity contribution is 6.30. The number of nitrogens with zero attached hydrogens (tertiary/aromatic N) is 1. The molecule has 3 nitrogen and oxygen atoms in total. The van der Waals surface area contributed by atoms with Gasteiger partial charge in [0, 0.05) is 29.0 Å². The third-order valence-corrected chi connectivity index (χ3v) is 5.15. The first-order chi connectivity index (χ1) is 11.6. The highest BCUT2D eigenvalue weighted by Gasteiger charge is 2.23. The average Bonchev–Trinajstić information content (AvgIpc) is 2.61. The normalized spacial score (nSPS) is 20.6. The number of aromatic nitrogens is 1. The van der Waals surface area contributed by atoms with Crippen molar-refractivity contribution in [3.63, 3.8) is 0 Å². The Hall–Kier alpha value is -1.87. The monoisotopic (exact) mass is 342 g/mol. The van der Waals surface area contributed by atoms with Gasteiger partial charge in [-0.05, 0) is 86.4 Å². The molecule has 1 saturated carbocycles. The van der Waals surface area contributed by atoms with Crippen LogP contribution in [0.15, 0.2) is 42.6 Å². The topological polar surface area (TPSA) is 42.0 Å². The predicted octanol–water partition coefficient (Wildman–Crippen LogP) is 4.75. The zero-order valence-electron chi connectivity index (χ0n) is 14.0. The fraction of sp³-hybridized carbons (Fsp3) is 0.400. The van der Waals surface area contributed by atoms with E-state index in [1.807, 2.05) is 13.1 Å². The Morgan fingerprint density at radius 1 is 1.17 bits per heavy atom. The Kier molecular flexibility index (Phi) is 5.52. The number of benzene rings is 1. The minimum atomic E-state index is -0.0152. The zero-order valence-corrected chi connectivity index (χ0v) is 14.7. The summed E-state index contributed by atoms with van der Waals surface area (Å²) in [6.45, 7) is 2.80. The summed E-state index contributed by atoms with van der Waals surface area (Å²) in [5.74, 6) is 1.19. The minimum Gasteiger partial charge on any atom is -0.352 e. The second kappa shape index (κ2) is 7.80. The van der Waals surface area contributed by atoms with Gasteiger partial charge in [0.1, 0.15) is 0 Å². The van der Waals surface area contributed by atoms with Crippen LogP contribution in [0, 0.1) is 12.8 Å². The average molecular weight is 343 g/mol. The molecule has 1 amide bonds. The lowest BCUT2D eigenvalue weighted by molar-refractivity contribution is 0.0943. The van der Waals surface area contributed by atoms with Gasteiger partial charge < -0.3 is 5.32 Å². The lowest BCUT2D eigenvalue weighted by Gasteiger charge is -2.29. The Bertz CT molecular complexity index is 691. The quantitative estimate of drug-likeness (QED) is 0.871. The molecule has 24 heavy (non-hydrogen) atoms. The van der Waals surface area contributed by atoms with Gasteiger partial charge >= 0.3 is 0 Å². The Morgan fingerprint density at radius 3 is 2.54 bits per heavy atom. The van der Waals surface area contributed by atoms with E-state index in [0.717, 1.165) is 25.1 Å². The summed E-state index contributed by atoms with van der Waals surface area (Å²) in [7, 11) is 0. The van der Waals surface area contributed by atoms with E-state index in [2.05, 4.69) is 22.4 Å². The van der Waals surface area contributed by atoms with Crippen molar-refractivity contribution in [2.75, 3.05) is 6.54 Å². The van der Waals surface area contributed by atoms with Gasteiger partial charge in [0.05, 0.1) is 0 Å². The highest BCUT2D eigenvalue weighted by Crippen LogP contribution is 2.35. The van der Waals surface area contributed by atoms with Gasteiger partial charge in [-0.3, -0.25) is 9.78 Å². The summed E-state index contributed by atoms with van der Waals surface area (Å²) < 4.78 is 0. The third kappa shape index (κ3) is 4.35. The summed E-state index contributed by atoms with van der Waals surface area (Å²) in [5.41, 5.74) is 3.16. The zero-order chi connectivity index (χ0) is 16.9. The molecule has 1 aliphatic carbocycles. The number of hydrogen-bond acceptors (Lipinski definition) is 2. The number of aryl methyl sites for hydroxylation is 1. The molecule has 1 aliphatic rings. The number of pyridine rings is 1. The molecule has 1 N–H and O–H groups in total. The van der Waals surface area contributed by atoms with Crippen LogP contribution in [0.5, 0.6) is 0 Å². The highest BCUT2D eigenvalue weighted by atomic mass is 35.5. The van der Waals surface area contributed by atoms with Gasteiger partial charge in [-0.2, -0.15) is 0 Å². The first-order valence-electron chi connectivity index (χ1n) is 8.58. The molecule has 0 bridgehead atoms. The Balaban J connectivity index is 1.47. The SMILES string of the molecule is Cc1cc(C2CCC(CNC(=O)c3ccc(Cl)cc3)CC2)ccn1. The Morgan fingerprint density at radius 2 is 1.88 bits per heavy atom. The van der Waals surface area contributed by atoms with Gasteiger partial charge in [0.15, 0.2) is 0 Å². The van der Waals surface area contributed by atoms with E-state index in [0.29, 0.717) is 22.4 Å². The molecule has 2 aromatic rings. The van der Waals surface area contributed by atoms with Crippen LogP contribution in [-0.2, 0) is 0 Å². The van der Waals surface area contributed by atoms with Crippen LogP contribution in [0.25, 0.3) is 0 Å². The van der Waals surface area contributed by atoms with Gasteiger partial charge in [-0.1, -0.05) is 11.6 Å². The fourth-order valence-electron chi connectivity index (χ4n) is 3.46. The third-order valence-electron chi connectivity index (χ3n) is 4.90. The molecular weight excluding hydrogens is 320 g/mol. The van der Waals surface area contributed by atoms with Crippen molar-refractivity contribution >= 4 is 17.5 Å². The van der Waals surface area contributed by atoms with Crippen molar-refractivity contribution < 1.29 is 4.79 Å². The standard InChI is InChI=1S/C20H23ClN2O/c1-14-12-18(10-11-22-14)16-4-2-15(3-5-16)13-23-20(24)17-6-8-19(21)9-7-17/h6-12,15-16H,2-5,13H2,1H3,(H,23,24). The largest absolute Gasteiger partial charge is 0.352 e. The van der Waals surface area contributed by atoms with Crippen LogP contribution in [0.3, 0.4) is 0 Å². The van der Waals surface area contributed by atoms with Crippen molar-refractivity contribution in [3.8, 4) is 0 Å². The van der Waals surface area contributed by atoms with Crippen molar-refractivity contribution in [1.82, 2.24) is 10.3 Å². The van der Waals surface area contributed by atoms with Crippen molar-refractivity contribution in [1.29, 1.82) is 0 Å². The molecule has 1 aromatic heterocycles. The number of nitrogens with one attached hydrogen (secondary N) is 1. The molecule has 0 aliphatic heterocycles. The lowest BCUT2D eigenvalue weighted by atomic mass is 9.79. The molecule has 0 atom stereocenters. The second-order valence-electron chi connectivity index (χ2n) is 6.67. The van der Waals surface area contributed by atoms with E-state index < -0.39 is 0 Å². The molecule has 0 saturated heterocycles. The van der Waals surface area contributed by atoms with E-state index in [9.17, 15) is 4.79 Å². The van der Waals surface area contributed by atoms with Crippen molar-refractivity contribution in [2.45, 2.75) is 38.5 Å². The van der Waals surface area contributed by atoms with E-state index >= 15 is 0 Å². The molecule has 0 unspecified atom stereocenters. The number of carbonyl (C=O) groups excluding carboxylic acids is 1. The van der Waals surface area contributed by atoms with Crippen LogP contribution in [0.2, 0.25) is 5.02 Å². The molecule has 1 fully saturated rings. The molecular formula is C20H23ClN2O. The molecule has 0 spiro atoms. The van der Waals surface area contributed by atoms with Gasteiger partial charge in [-0.15, -0.1) is 0 Å². The minimum absolute atomic E-state index is 0.0152. The number of carbonyl (C=O) groups is 1. The van der Waals surface area contributed by atoms with Gasteiger partial charge in [-0.25, -0.2) is 0 Å². The molecule has 0 radical (unpaired) electrons.